The Kier molecular flexibility index (Phi) is 5.40. The van der Waals surface area contributed by atoms with Gasteiger partial charge < -0.3 is 19.7 Å². The van der Waals surface area contributed by atoms with E-state index in [2.05, 4.69) is 34.7 Å². The van der Waals surface area contributed by atoms with E-state index in [0.29, 0.717) is 23.6 Å². The van der Waals surface area contributed by atoms with Crippen LogP contribution in [0.3, 0.4) is 0 Å². The first-order chi connectivity index (χ1) is 15.2. The van der Waals surface area contributed by atoms with Crippen molar-refractivity contribution in [3.05, 3.63) is 83.7 Å². The third kappa shape index (κ3) is 4.17. The molecule has 1 heterocycles. The Morgan fingerprint density at radius 3 is 2.97 bits per heavy atom. The Morgan fingerprint density at radius 2 is 2.03 bits per heavy atom. The Bertz CT molecular complexity index is 1210. The summed E-state index contributed by atoms with van der Waals surface area (Å²) >= 11 is 0. The maximum atomic E-state index is 13.4. The second-order valence-electron chi connectivity index (χ2n) is 7.86. The van der Waals surface area contributed by atoms with Crippen molar-refractivity contribution >= 4 is 11.0 Å². The highest BCUT2D eigenvalue weighted by molar-refractivity contribution is 5.91. The molecule has 4 aromatic rings. The second kappa shape index (κ2) is 8.49. The van der Waals surface area contributed by atoms with Gasteiger partial charge in [0.1, 0.15) is 30.0 Å². The van der Waals surface area contributed by atoms with Crippen LogP contribution in [0.1, 0.15) is 23.6 Å². The average molecular weight is 418 g/mol. The van der Waals surface area contributed by atoms with Gasteiger partial charge in [0.25, 0.3) is 0 Å². The van der Waals surface area contributed by atoms with Crippen LogP contribution in [-0.2, 0) is 6.42 Å². The molecule has 158 valence electrons. The van der Waals surface area contributed by atoms with Gasteiger partial charge in [-0.25, -0.2) is 4.39 Å². The van der Waals surface area contributed by atoms with Crippen LogP contribution in [-0.4, -0.2) is 29.5 Å². The normalized spacial score (nSPS) is 16.4. The van der Waals surface area contributed by atoms with Crippen LogP contribution in [0.5, 0.6) is 5.75 Å². The topological polar surface area (TPSA) is 67.5 Å². The molecular weight excluding hydrogens is 395 g/mol. The zero-order valence-corrected chi connectivity index (χ0v) is 16.9. The van der Waals surface area contributed by atoms with Crippen LogP contribution in [0.4, 0.5) is 4.39 Å². The number of halogens is 1. The molecule has 0 saturated heterocycles. The summed E-state index contributed by atoms with van der Waals surface area (Å²) in [5.74, 6) is 0.261. The van der Waals surface area contributed by atoms with Gasteiger partial charge in [-0.1, -0.05) is 41.6 Å². The number of nitrogens with zero attached hydrogens (tertiary/aromatic N) is 1. The van der Waals surface area contributed by atoms with E-state index in [1.54, 1.807) is 6.07 Å². The van der Waals surface area contributed by atoms with Crippen molar-refractivity contribution in [3.8, 4) is 17.0 Å². The number of aliphatic hydroxyl groups is 1. The predicted octanol–water partition coefficient (Wildman–Crippen LogP) is 4.65. The number of hydrogen-bond donors (Lipinski definition) is 2. The largest absolute Gasteiger partial charge is 0.491 e. The van der Waals surface area contributed by atoms with Crippen LogP contribution in [0, 0.1) is 5.82 Å². The van der Waals surface area contributed by atoms with Crippen LogP contribution < -0.4 is 10.1 Å². The van der Waals surface area contributed by atoms with Crippen LogP contribution in [0.25, 0.3) is 22.2 Å². The van der Waals surface area contributed by atoms with Gasteiger partial charge in [-0.2, -0.15) is 0 Å². The van der Waals surface area contributed by atoms with Crippen molar-refractivity contribution in [2.24, 2.45) is 0 Å². The zero-order chi connectivity index (χ0) is 21.2. The molecule has 1 aromatic heterocycles. The number of hydrogen-bond acceptors (Lipinski definition) is 5. The molecule has 6 heteroatoms. The van der Waals surface area contributed by atoms with Gasteiger partial charge in [0.15, 0.2) is 5.58 Å². The van der Waals surface area contributed by atoms with Crippen LogP contribution >= 0.6 is 0 Å². The van der Waals surface area contributed by atoms with Gasteiger partial charge in [0.2, 0.25) is 0 Å². The maximum absolute atomic E-state index is 13.4. The molecule has 5 rings (SSSR count). The molecule has 0 radical (unpaired) electrons. The SMILES string of the molecule is OC(CNC1CCc2ccccc21)COc1cccc(-c2noc3cc(F)ccc23)c1. The summed E-state index contributed by atoms with van der Waals surface area (Å²) in [6.07, 6.45) is 1.48. The molecule has 0 fully saturated rings. The quantitative estimate of drug-likeness (QED) is 0.457. The van der Waals surface area contributed by atoms with E-state index in [4.69, 9.17) is 9.26 Å². The standard InChI is InChI=1S/C25H23FN2O3/c26-18-9-10-22-24(13-18)31-28-25(22)17-5-3-6-20(12-17)30-15-19(29)14-27-23-11-8-16-4-1-2-7-21(16)23/h1-7,9-10,12-13,19,23,27,29H,8,11,14-15H2. The zero-order valence-electron chi connectivity index (χ0n) is 16.9. The molecule has 0 saturated carbocycles. The second-order valence-corrected chi connectivity index (χ2v) is 7.86. The molecule has 1 aliphatic rings. The molecule has 2 unspecified atom stereocenters. The highest BCUT2D eigenvalue weighted by Gasteiger charge is 2.22. The first-order valence-corrected chi connectivity index (χ1v) is 10.4. The Hall–Kier alpha value is -3.22. The maximum Gasteiger partial charge on any atom is 0.170 e. The van der Waals surface area contributed by atoms with Gasteiger partial charge >= 0.3 is 0 Å². The minimum absolute atomic E-state index is 0.176. The summed E-state index contributed by atoms with van der Waals surface area (Å²) in [6, 6.07) is 20.5. The molecule has 2 atom stereocenters. The van der Waals surface area contributed by atoms with Gasteiger partial charge in [0, 0.05) is 29.6 Å². The number of aromatic nitrogens is 1. The minimum atomic E-state index is -0.632. The lowest BCUT2D eigenvalue weighted by atomic mass is 10.1. The molecule has 0 amide bonds. The summed E-state index contributed by atoms with van der Waals surface area (Å²) in [5, 5.41) is 18.7. The predicted molar refractivity (Wildman–Crippen MR) is 116 cm³/mol. The van der Waals surface area contributed by atoms with Gasteiger partial charge in [-0.05, 0) is 48.2 Å². The number of rotatable bonds is 7. The summed E-state index contributed by atoms with van der Waals surface area (Å²) in [7, 11) is 0. The van der Waals surface area contributed by atoms with Crippen molar-refractivity contribution in [3.63, 3.8) is 0 Å². The van der Waals surface area contributed by atoms with E-state index >= 15 is 0 Å². The lowest BCUT2D eigenvalue weighted by Gasteiger charge is -2.18. The van der Waals surface area contributed by atoms with Crippen molar-refractivity contribution in [2.75, 3.05) is 13.2 Å². The van der Waals surface area contributed by atoms with E-state index in [1.807, 2.05) is 24.3 Å². The van der Waals surface area contributed by atoms with E-state index in [1.165, 1.54) is 23.3 Å². The average Bonchev–Trinajstić information content (AvgIpc) is 3.40. The summed E-state index contributed by atoms with van der Waals surface area (Å²) in [4.78, 5) is 0. The fraction of sp³-hybridized carbons (Fsp3) is 0.240. The molecule has 1 aliphatic carbocycles. The molecule has 31 heavy (non-hydrogen) atoms. The molecule has 0 spiro atoms. The smallest absolute Gasteiger partial charge is 0.170 e. The summed E-state index contributed by atoms with van der Waals surface area (Å²) in [6.45, 7) is 0.633. The van der Waals surface area contributed by atoms with E-state index in [0.717, 1.165) is 23.8 Å². The first kappa shape index (κ1) is 19.7. The van der Waals surface area contributed by atoms with E-state index in [-0.39, 0.29) is 18.5 Å². The highest BCUT2D eigenvalue weighted by Crippen LogP contribution is 2.31. The third-order valence-corrected chi connectivity index (χ3v) is 5.72. The van der Waals surface area contributed by atoms with Crippen molar-refractivity contribution in [2.45, 2.75) is 25.0 Å². The molecule has 0 bridgehead atoms. The Balaban J connectivity index is 1.20. The number of aliphatic hydroxyl groups excluding tert-OH is 1. The molecule has 0 aliphatic heterocycles. The first-order valence-electron chi connectivity index (χ1n) is 10.4. The van der Waals surface area contributed by atoms with Crippen LogP contribution in [0.15, 0.2) is 71.3 Å². The monoisotopic (exact) mass is 418 g/mol. The Labute approximate surface area is 179 Å². The number of aryl methyl sites for hydroxylation is 1. The highest BCUT2D eigenvalue weighted by atomic mass is 19.1. The van der Waals surface area contributed by atoms with Crippen molar-refractivity contribution in [1.29, 1.82) is 0 Å². The van der Waals surface area contributed by atoms with E-state index in [9.17, 15) is 9.50 Å². The van der Waals surface area contributed by atoms with Gasteiger partial charge in [-0.15, -0.1) is 0 Å². The summed E-state index contributed by atoms with van der Waals surface area (Å²) in [5.41, 5.74) is 4.53. The van der Waals surface area contributed by atoms with E-state index < -0.39 is 6.10 Å². The van der Waals surface area contributed by atoms with Crippen LogP contribution in [0.2, 0.25) is 0 Å². The number of fused-ring (bicyclic) bond motifs is 2. The Morgan fingerprint density at radius 1 is 1.13 bits per heavy atom. The lowest BCUT2D eigenvalue weighted by Crippen LogP contribution is -2.33. The number of benzene rings is 3. The van der Waals surface area contributed by atoms with Gasteiger partial charge in [-0.3, -0.25) is 0 Å². The fourth-order valence-electron chi connectivity index (χ4n) is 4.15. The fourth-order valence-corrected chi connectivity index (χ4v) is 4.15. The minimum Gasteiger partial charge on any atom is -0.491 e. The lowest BCUT2D eigenvalue weighted by molar-refractivity contribution is 0.103. The van der Waals surface area contributed by atoms with Gasteiger partial charge in [0.05, 0.1) is 0 Å². The molecule has 5 nitrogen and oxygen atoms in total. The summed E-state index contributed by atoms with van der Waals surface area (Å²) < 4.78 is 24.4. The molecule has 2 N–H and O–H groups in total. The third-order valence-electron chi connectivity index (χ3n) is 5.72. The molecular formula is C25H23FN2O3. The number of nitrogens with one attached hydrogen (secondary N) is 1. The number of ether oxygens (including phenoxy) is 1. The van der Waals surface area contributed by atoms with Crippen molar-refractivity contribution < 1.29 is 18.8 Å². The molecule has 3 aromatic carbocycles. The van der Waals surface area contributed by atoms with Crippen molar-refractivity contribution in [1.82, 2.24) is 10.5 Å².